The number of benzene rings is 13. The highest BCUT2D eigenvalue weighted by Gasteiger charge is 2.42. The van der Waals surface area contributed by atoms with Crippen LogP contribution in [0.15, 0.2) is 309 Å². The van der Waals surface area contributed by atoms with Crippen LogP contribution < -0.4 is 26.0 Å². The summed E-state index contributed by atoms with van der Waals surface area (Å²) in [6.45, 7) is 7.13. The van der Waals surface area contributed by atoms with Crippen LogP contribution in [-0.2, 0) is 5.41 Å². The molecule has 3 nitrogen and oxygen atoms in total. The molecule has 408 valence electrons. The SMILES string of the molecule is Cc1cc(-c2ccccc2)ccc1N1c2ccc(N(c3ccc(-c4ccccc4)cc3)c3ccc(-c4ccccc4)cc3)cc2Bc2c(-c3cc(-c4ccccc4)ccc3Nc3cccc(-c4ccccc4)c3)cc3c(c21)-c1ccccc1C3(C)C. The zero-order chi connectivity index (χ0) is 57.7. The summed E-state index contributed by atoms with van der Waals surface area (Å²) in [6, 6.07) is 114. The maximum atomic E-state index is 4.03. The third kappa shape index (κ3) is 9.46. The molecule has 1 heterocycles. The zero-order valence-electron chi connectivity index (χ0n) is 48.5. The summed E-state index contributed by atoms with van der Waals surface area (Å²) >= 11 is 0. The van der Waals surface area contributed by atoms with Gasteiger partial charge in [-0.15, -0.1) is 0 Å². The van der Waals surface area contributed by atoms with Gasteiger partial charge in [-0.05, 0) is 181 Å². The minimum absolute atomic E-state index is 0.307. The molecule has 0 bridgehead atoms. The first kappa shape index (κ1) is 52.2. The van der Waals surface area contributed by atoms with E-state index < -0.39 is 0 Å². The molecule has 0 unspecified atom stereocenters. The summed E-state index contributed by atoms with van der Waals surface area (Å²) < 4.78 is 0. The monoisotopic (exact) mass is 1100 g/mol. The molecule has 13 aromatic rings. The molecule has 0 amide bonds. The highest BCUT2D eigenvalue weighted by molar-refractivity contribution is 6.73. The molecule has 0 atom stereocenters. The van der Waals surface area contributed by atoms with Gasteiger partial charge < -0.3 is 15.1 Å². The van der Waals surface area contributed by atoms with E-state index >= 15 is 0 Å². The van der Waals surface area contributed by atoms with Gasteiger partial charge in [-0.25, -0.2) is 0 Å². The zero-order valence-corrected chi connectivity index (χ0v) is 48.5. The summed E-state index contributed by atoms with van der Waals surface area (Å²) in [6.07, 6.45) is 0. The summed E-state index contributed by atoms with van der Waals surface area (Å²) in [5.41, 5.74) is 31.7. The lowest BCUT2D eigenvalue weighted by atomic mass is 9.57. The molecule has 0 spiro atoms. The van der Waals surface area contributed by atoms with Crippen molar-refractivity contribution in [1.82, 2.24) is 0 Å². The van der Waals surface area contributed by atoms with Gasteiger partial charge in [0.15, 0.2) is 7.28 Å². The minimum atomic E-state index is -0.307. The summed E-state index contributed by atoms with van der Waals surface area (Å²) in [4.78, 5) is 5.06. The fourth-order valence-corrected chi connectivity index (χ4v) is 13.4. The van der Waals surface area contributed by atoms with Crippen molar-refractivity contribution in [3.63, 3.8) is 0 Å². The highest BCUT2D eigenvalue weighted by Crippen LogP contribution is 2.56. The number of hydrogen-bond donors (Lipinski definition) is 1. The highest BCUT2D eigenvalue weighted by atomic mass is 15.2. The van der Waals surface area contributed by atoms with Crippen molar-refractivity contribution in [2.45, 2.75) is 26.2 Å². The van der Waals surface area contributed by atoms with Gasteiger partial charge in [-0.1, -0.05) is 244 Å². The Hall–Kier alpha value is -10.7. The van der Waals surface area contributed by atoms with Gasteiger partial charge in [0, 0.05) is 62.0 Å². The van der Waals surface area contributed by atoms with Gasteiger partial charge in [-0.2, -0.15) is 0 Å². The van der Waals surface area contributed by atoms with Crippen LogP contribution in [0.1, 0.15) is 30.5 Å². The van der Waals surface area contributed by atoms with Crippen LogP contribution in [-0.4, -0.2) is 7.28 Å². The van der Waals surface area contributed by atoms with E-state index in [2.05, 4.69) is 345 Å². The number of hydrogen-bond acceptors (Lipinski definition) is 3. The molecule has 2 aliphatic rings. The van der Waals surface area contributed by atoms with Crippen LogP contribution in [0.5, 0.6) is 0 Å². The number of anilines is 8. The maximum Gasteiger partial charge on any atom is 0.198 e. The molecule has 1 aliphatic heterocycles. The first-order chi connectivity index (χ1) is 42.3. The molecular formula is C82H62BN3. The Labute approximate surface area is 506 Å². The Morgan fingerprint density at radius 2 is 0.802 bits per heavy atom. The first-order valence-corrected chi connectivity index (χ1v) is 29.9. The molecule has 86 heavy (non-hydrogen) atoms. The molecule has 15 rings (SSSR count). The van der Waals surface area contributed by atoms with Crippen molar-refractivity contribution < 1.29 is 0 Å². The van der Waals surface area contributed by atoms with E-state index in [0.29, 0.717) is 7.28 Å². The maximum absolute atomic E-state index is 4.03. The van der Waals surface area contributed by atoms with Crippen molar-refractivity contribution in [2.24, 2.45) is 0 Å². The lowest BCUT2D eigenvalue weighted by molar-refractivity contribution is 0.661. The standard InChI is InChI=1S/C82H62BN3/c1-55-50-64(59-28-15-7-16-29-59)41-48-77(55)86-78-49-46-69(85(67-42-36-61(37-43-67)56-22-9-4-10-23-56)68-44-38-62(39-45-68)57-24-11-5-12-25-57)53-75(78)83-80-72(54-74-79(81(80)86)70-34-19-20-35-73(70)82(74,2)3)71-52-65(60-30-17-8-18-31-60)40-47-76(71)84-66-33-21-32-63(51-66)58-26-13-6-14-27-58/h4-54,83-84H,1-3H3. The van der Waals surface area contributed by atoms with Crippen molar-refractivity contribution in [2.75, 3.05) is 15.1 Å². The lowest BCUT2D eigenvalue weighted by Crippen LogP contribution is -2.42. The summed E-state index contributed by atoms with van der Waals surface area (Å²) in [5, 5.41) is 4.03. The lowest BCUT2D eigenvalue weighted by Gasteiger charge is -2.39. The molecule has 4 heteroatoms. The van der Waals surface area contributed by atoms with E-state index in [9.17, 15) is 0 Å². The molecule has 0 fully saturated rings. The van der Waals surface area contributed by atoms with E-state index in [1.165, 1.54) is 100 Å². The van der Waals surface area contributed by atoms with E-state index in [0.717, 1.165) is 50.8 Å². The fourth-order valence-electron chi connectivity index (χ4n) is 13.4. The van der Waals surface area contributed by atoms with Gasteiger partial charge in [0.2, 0.25) is 0 Å². The summed E-state index contributed by atoms with van der Waals surface area (Å²) in [7, 11) is 0.688. The predicted octanol–water partition coefficient (Wildman–Crippen LogP) is 20.7. The van der Waals surface area contributed by atoms with E-state index in [1.807, 2.05) is 0 Å². The average molecular weight is 1100 g/mol. The smallest absolute Gasteiger partial charge is 0.198 e. The van der Waals surface area contributed by atoms with Crippen LogP contribution in [0.25, 0.3) is 77.9 Å². The van der Waals surface area contributed by atoms with Crippen LogP contribution in [0.2, 0.25) is 0 Å². The van der Waals surface area contributed by atoms with Gasteiger partial charge in [0.05, 0.1) is 0 Å². The van der Waals surface area contributed by atoms with E-state index in [1.54, 1.807) is 0 Å². The average Bonchev–Trinajstić information content (AvgIpc) is 1.48. The van der Waals surface area contributed by atoms with Crippen LogP contribution in [0, 0.1) is 6.92 Å². The van der Waals surface area contributed by atoms with Crippen LogP contribution >= 0.6 is 0 Å². The normalized spacial score (nSPS) is 12.5. The molecular weight excluding hydrogens is 1040 g/mol. The number of fused-ring (bicyclic) bond motifs is 6. The molecule has 1 aliphatic carbocycles. The Morgan fingerprint density at radius 3 is 1.37 bits per heavy atom. The topological polar surface area (TPSA) is 18.5 Å². The van der Waals surface area contributed by atoms with Gasteiger partial charge in [0.1, 0.15) is 0 Å². The summed E-state index contributed by atoms with van der Waals surface area (Å²) in [5.74, 6) is 0. The Bertz CT molecular complexity index is 4550. The second-order valence-electron chi connectivity index (χ2n) is 23.4. The van der Waals surface area contributed by atoms with E-state index in [-0.39, 0.29) is 5.41 Å². The fraction of sp³-hybridized carbons (Fsp3) is 0.0488. The van der Waals surface area contributed by atoms with Crippen molar-refractivity contribution in [3.05, 3.63) is 326 Å². The minimum Gasteiger partial charge on any atom is -0.355 e. The Kier molecular flexibility index (Phi) is 13.2. The Morgan fingerprint density at radius 1 is 0.349 bits per heavy atom. The second kappa shape index (κ2) is 21.8. The Balaban J connectivity index is 0.976. The third-order valence-electron chi connectivity index (χ3n) is 17.8. The quantitative estimate of drug-likeness (QED) is 0.123. The van der Waals surface area contributed by atoms with Crippen LogP contribution in [0.4, 0.5) is 45.5 Å². The van der Waals surface area contributed by atoms with Crippen molar-refractivity contribution in [1.29, 1.82) is 0 Å². The predicted molar refractivity (Wildman–Crippen MR) is 367 cm³/mol. The number of nitrogens with one attached hydrogen (secondary N) is 1. The van der Waals surface area contributed by atoms with Gasteiger partial charge in [-0.3, -0.25) is 0 Å². The number of rotatable bonds is 12. The van der Waals surface area contributed by atoms with Crippen molar-refractivity contribution >= 4 is 63.7 Å². The molecule has 0 radical (unpaired) electrons. The van der Waals surface area contributed by atoms with Gasteiger partial charge >= 0.3 is 0 Å². The molecule has 0 aromatic heterocycles. The van der Waals surface area contributed by atoms with Crippen LogP contribution in [0.3, 0.4) is 0 Å². The number of aryl methyl sites for hydroxylation is 1. The van der Waals surface area contributed by atoms with Gasteiger partial charge in [0.25, 0.3) is 0 Å². The van der Waals surface area contributed by atoms with Crippen molar-refractivity contribution in [3.8, 4) is 77.9 Å². The third-order valence-corrected chi connectivity index (χ3v) is 17.8. The van der Waals surface area contributed by atoms with E-state index in [4.69, 9.17) is 0 Å². The molecule has 0 saturated carbocycles. The second-order valence-corrected chi connectivity index (χ2v) is 23.4. The molecule has 13 aromatic carbocycles. The molecule has 1 N–H and O–H groups in total. The number of nitrogens with zero attached hydrogens (tertiary/aromatic N) is 2. The largest absolute Gasteiger partial charge is 0.355 e. The molecule has 0 saturated heterocycles. The first-order valence-electron chi connectivity index (χ1n) is 29.9.